The summed E-state index contributed by atoms with van der Waals surface area (Å²) in [6.45, 7) is 9.68. The van der Waals surface area contributed by atoms with Crippen LogP contribution in [0.2, 0.25) is 0 Å². The summed E-state index contributed by atoms with van der Waals surface area (Å²) in [6, 6.07) is 1.92. The van der Waals surface area contributed by atoms with Crippen molar-refractivity contribution in [3.8, 4) is 5.88 Å². The molecular formula is C13H23N5O. The van der Waals surface area contributed by atoms with Gasteiger partial charge in [0.2, 0.25) is 5.88 Å². The molecule has 0 atom stereocenters. The highest BCUT2D eigenvalue weighted by Gasteiger charge is 2.18. The van der Waals surface area contributed by atoms with Crippen LogP contribution in [0.3, 0.4) is 0 Å². The molecule has 6 heteroatoms. The number of anilines is 1. The van der Waals surface area contributed by atoms with E-state index in [4.69, 9.17) is 10.5 Å². The zero-order valence-corrected chi connectivity index (χ0v) is 11.7. The molecule has 0 spiro atoms. The average molecular weight is 265 g/mol. The molecule has 1 aliphatic rings. The molecule has 1 fully saturated rings. The van der Waals surface area contributed by atoms with Crippen LogP contribution in [-0.2, 0) is 0 Å². The van der Waals surface area contributed by atoms with Gasteiger partial charge in [0.1, 0.15) is 12.1 Å². The van der Waals surface area contributed by atoms with E-state index < -0.39 is 0 Å². The summed E-state index contributed by atoms with van der Waals surface area (Å²) in [7, 11) is 0. The molecule has 2 heterocycles. The molecule has 0 radical (unpaired) electrons. The molecule has 0 aromatic carbocycles. The van der Waals surface area contributed by atoms with Crippen LogP contribution in [0.1, 0.15) is 13.8 Å². The molecule has 106 valence electrons. The number of piperazine rings is 1. The van der Waals surface area contributed by atoms with Crippen LogP contribution in [-0.4, -0.2) is 60.2 Å². The van der Waals surface area contributed by atoms with Crippen molar-refractivity contribution in [2.75, 3.05) is 44.2 Å². The Hall–Kier alpha value is -1.40. The fourth-order valence-corrected chi connectivity index (χ4v) is 2.19. The summed E-state index contributed by atoms with van der Waals surface area (Å²) >= 11 is 0. The third kappa shape index (κ3) is 4.04. The molecule has 0 aliphatic carbocycles. The normalized spacial score (nSPS) is 16.9. The Labute approximate surface area is 114 Å². The van der Waals surface area contributed by atoms with Gasteiger partial charge in [0, 0.05) is 45.3 Å². The van der Waals surface area contributed by atoms with E-state index in [-0.39, 0.29) is 6.10 Å². The highest BCUT2D eigenvalue weighted by atomic mass is 16.5. The summed E-state index contributed by atoms with van der Waals surface area (Å²) in [6.07, 6.45) is 1.70. The molecule has 0 bridgehead atoms. The molecule has 1 saturated heterocycles. The van der Waals surface area contributed by atoms with E-state index in [9.17, 15) is 0 Å². The lowest BCUT2D eigenvalue weighted by molar-refractivity contribution is 0.232. The Morgan fingerprint density at radius 1 is 1.26 bits per heavy atom. The average Bonchev–Trinajstić information content (AvgIpc) is 2.39. The second kappa shape index (κ2) is 6.68. The van der Waals surface area contributed by atoms with E-state index in [0.717, 1.165) is 45.1 Å². The zero-order valence-electron chi connectivity index (χ0n) is 11.7. The zero-order chi connectivity index (χ0) is 13.7. The summed E-state index contributed by atoms with van der Waals surface area (Å²) in [5.74, 6) is 1.59. The maximum atomic E-state index is 5.60. The van der Waals surface area contributed by atoms with E-state index >= 15 is 0 Å². The second-order valence-corrected chi connectivity index (χ2v) is 5.00. The highest BCUT2D eigenvalue weighted by Crippen LogP contribution is 2.18. The number of aromatic nitrogens is 2. The largest absolute Gasteiger partial charge is 0.475 e. The predicted molar refractivity (Wildman–Crippen MR) is 75.5 cm³/mol. The van der Waals surface area contributed by atoms with Gasteiger partial charge in [-0.05, 0) is 13.8 Å². The van der Waals surface area contributed by atoms with Crippen LogP contribution in [0.4, 0.5) is 5.82 Å². The first-order valence-corrected chi connectivity index (χ1v) is 6.85. The van der Waals surface area contributed by atoms with Crippen LogP contribution in [0.15, 0.2) is 12.4 Å². The van der Waals surface area contributed by atoms with E-state index in [1.54, 1.807) is 6.33 Å². The van der Waals surface area contributed by atoms with Gasteiger partial charge >= 0.3 is 0 Å². The van der Waals surface area contributed by atoms with Crippen molar-refractivity contribution < 1.29 is 4.74 Å². The van der Waals surface area contributed by atoms with Gasteiger partial charge in [-0.15, -0.1) is 0 Å². The molecule has 19 heavy (non-hydrogen) atoms. The van der Waals surface area contributed by atoms with Crippen molar-refractivity contribution in [3.05, 3.63) is 12.4 Å². The molecule has 2 N–H and O–H groups in total. The number of nitrogens with zero attached hydrogens (tertiary/aromatic N) is 4. The Kier molecular flexibility index (Phi) is 4.93. The van der Waals surface area contributed by atoms with Crippen molar-refractivity contribution >= 4 is 5.82 Å². The molecular weight excluding hydrogens is 242 g/mol. The van der Waals surface area contributed by atoms with Crippen molar-refractivity contribution in [1.82, 2.24) is 14.9 Å². The smallest absolute Gasteiger partial charge is 0.218 e. The SMILES string of the molecule is CC(C)Oc1cc(N2CCN(CCN)CC2)ncn1. The summed E-state index contributed by atoms with van der Waals surface area (Å²) in [4.78, 5) is 13.1. The van der Waals surface area contributed by atoms with Gasteiger partial charge in [0.25, 0.3) is 0 Å². The lowest BCUT2D eigenvalue weighted by atomic mass is 10.3. The first-order valence-electron chi connectivity index (χ1n) is 6.85. The molecule has 0 saturated carbocycles. The predicted octanol–water partition coefficient (Wildman–Crippen LogP) is 0.345. The lowest BCUT2D eigenvalue weighted by Gasteiger charge is -2.35. The molecule has 6 nitrogen and oxygen atoms in total. The number of rotatable bonds is 5. The molecule has 1 aromatic heterocycles. The molecule has 1 aliphatic heterocycles. The number of ether oxygens (including phenoxy) is 1. The summed E-state index contributed by atoms with van der Waals surface area (Å²) < 4.78 is 5.60. The first kappa shape index (κ1) is 14.0. The van der Waals surface area contributed by atoms with E-state index in [1.807, 2.05) is 19.9 Å². The molecule has 1 aromatic rings. The standard InChI is InChI=1S/C13H23N5O/c1-11(2)19-13-9-12(15-10-16-13)18-7-5-17(4-3-14)6-8-18/h9-11H,3-8,14H2,1-2H3. The van der Waals surface area contributed by atoms with Gasteiger partial charge in [-0.2, -0.15) is 0 Å². The fraction of sp³-hybridized carbons (Fsp3) is 0.692. The number of nitrogens with two attached hydrogens (primary N) is 1. The Bertz CT molecular complexity index is 390. The van der Waals surface area contributed by atoms with E-state index in [0.29, 0.717) is 5.88 Å². The minimum Gasteiger partial charge on any atom is -0.475 e. The van der Waals surface area contributed by atoms with Gasteiger partial charge in [0.15, 0.2) is 0 Å². The second-order valence-electron chi connectivity index (χ2n) is 5.00. The van der Waals surface area contributed by atoms with Crippen LogP contribution < -0.4 is 15.4 Å². The monoisotopic (exact) mass is 265 g/mol. The van der Waals surface area contributed by atoms with Crippen molar-refractivity contribution in [2.24, 2.45) is 5.73 Å². The third-order valence-electron chi connectivity index (χ3n) is 3.13. The van der Waals surface area contributed by atoms with Crippen LogP contribution >= 0.6 is 0 Å². The van der Waals surface area contributed by atoms with Gasteiger partial charge < -0.3 is 15.4 Å². The van der Waals surface area contributed by atoms with Crippen LogP contribution in [0.5, 0.6) is 5.88 Å². The van der Waals surface area contributed by atoms with Gasteiger partial charge in [0.05, 0.1) is 6.10 Å². The Balaban J connectivity index is 1.95. The molecule has 0 unspecified atom stereocenters. The van der Waals surface area contributed by atoms with Gasteiger partial charge in [-0.1, -0.05) is 0 Å². The van der Waals surface area contributed by atoms with Gasteiger partial charge in [-0.3, -0.25) is 4.90 Å². The minimum absolute atomic E-state index is 0.129. The lowest BCUT2D eigenvalue weighted by Crippen LogP contribution is -2.48. The van der Waals surface area contributed by atoms with Crippen LogP contribution in [0, 0.1) is 0 Å². The first-order chi connectivity index (χ1) is 9.19. The summed E-state index contributed by atoms with van der Waals surface area (Å²) in [5, 5.41) is 0. The van der Waals surface area contributed by atoms with Crippen molar-refractivity contribution in [3.63, 3.8) is 0 Å². The maximum Gasteiger partial charge on any atom is 0.218 e. The Morgan fingerprint density at radius 3 is 2.63 bits per heavy atom. The highest BCUT2D eigenvalue weighted by molar-refractivity contribution is 5.41. The van der Waals surface area contributed by atoms with Crippen LogP contribution in [0.25, 0.3) is 0 Å². The van der Waals surface area contributed by atoms with Crippen molar-refractivity contribution in [1.29, 1.82) is 0 Å². The van der Waals surface area contributed by atoms with Crippen molar-refractivity contribution in [2.45, 2.75) is 20.0 Å². The number of hydrogen-bond acceptors (Lipinski definition) is 6. The van der Waals surface area contributed by atoms with E-state index in [2.05, 4.69) is 19.8 Å². The number of hydrogen-bond donors (Lipinski definition) is 1. The fourth-order valence-electron chi connectivity index (χ4n) is 2.19. The van der Waals surface area contributed by atoms with E-state index in [1.165, 1.54) is 0 Å². The third-order valence-corrected chi connectivity index (χ3v) is 3.13. The molecule has 2 rings (SSSR count). The Morgan fingerprint density at radius 2 is 2.00 bits per heavy atom. The maximum absolute atomic E-state index is 5.60. The minimum atomic E-state index is 0.129. The quantitative estimate of drug-likeness (QED) is 0.828. The van der Waals surface area contributed by atoms with Gasteiger partial charge in [-0.25, -0.2) is 9.97 Å². The molecule has 0 amide bonds. The summed E-state index contributed by atoms with van der Waals surface area (Å²) in [5.41, 5.74) is 5.58. The topological polar surface area (TPSA) is 67.5 Å².